The standard InChI is InChI=1S/C12H12BrClN2S/c1-7(2)5-8-6-11(14)16-12(15-8)9-3-4-10(13)17-9/h3-4,6-7H,5H2,1-2H3. The van der Waals surface area contributed by atoms with E-state index in [4.69, 9.17) is 11.6 Å². The lowest BCUT2D eigenvalue weighted by molar-refractivity contribution is 0.634. The highest BCUT2D eigenvalue weighted by Gasteiger charge is 2.09. The van der Waals surface area contributed by atoms with Crippen LogP contribution in [0.1, 0.15) is 19.5 Å². The van der Waals surface area contributed by atoms with Crippen LogP contribution >= 0.6 is 38.9 Å². The highest BCUT2D eigenvalue weighted by Crippen LogP contribution is 2.30. The van der Waals surface area contributed by atoms with E-state index in [0.29, 0.717) is 16.9 Å². The molecule has 0 fully saturated rings. The van der Waals surface area contributed by atoms with Crippen LogP contribution in [0, 0.1) is 5.92 Å². The van der Waals surface area contributed by atoms with Crippen molar-refractivity contribution in [2.45, 2.75) is 20.3 Å². The van der Waals surface area contributed by atoms with E-state index in [0.717, 1.165) is 20.8 Å². The molecule has 0 amide bonds. The largest absolute Gasteiger partial charge is 0.232 e. The molecule has 17 heavy (non-hydrogen) atoms. The summed E-state index contributed by atoms with van der Waals surface area (Å²) in [5, 5.41) is 0.509. The molecule has 90 valence electrons. The molecule has 2 aromatic heterocycles. The van der Waals surface area contributed by atoms with E-state index >= 15 is 0 Å². The molecule has 0 spiro atoms. The molecule has 0 aliphatic rings. The fourth-order valence-corrected chi connectivity index (χ4v) is 3.06. The van der Waals surface area contributed by atoms with Crippen molar-refractivity contribution < 1.29 is 0 Å². The molecular formula is C12H12BrClN2S. The third kappa shape index (κ3) is 3.50. The van der Waals surface area contributed by atoms with E-state index in [9.17, 15) is 0 Å². The molecule has 0 bridgehead atoms. The van der Waals surface area contributed by atoms with Crippen molar-refractivity contribution in [3.05, 3.63) is 32.8 Å². The molecule has 2 rings (SSSR count). The molecule has 2 aromatic rings. The van der Waals surface area contributed by atoms with Gasteiger partial charge >= 0.3 is 0 Å². The van der Waals surface area contributed by atoms with Gasteiger partial charge in [0.25, 0.3) is 0 Å². The first-order chi connectivity index (χ1) is 8.04. The molecule has 0 saturated heterocycles. The summed E-state index contributed by atoms with van der Waals surface area (Å²) in [5.41, 5.74) is 1.000. The summed E-state index contributed by atoms with van der Waals surface area (Å²) in [4.78, 5) is 9.85. The first-order valence-electron chi connectivity index (χ1n) is 5.34. The van der Waals surface area contributed by atoms with Gasteiger partial charge in [-0.1, -0.05) is 25.4 Å². The zero-order valence-corrected chi connectivity index (χ0v) is 12.7. The van der Waals surface area contributed by atoms with Crippen LogP contribution in [0.5, 0.6) is 0 Å². The van der Waals surface area contributed by atoms with Gasteiger partial charge in [0.15, 0.2) is 5.82 Å². The summed E-state index contributed by atoms with van der Waals surface area (Å²) in [6.45, 7) is 4.33. The second-order valence-electron chi connectivity index (χ2n) is 4.21. The Hall–Kier alpha value is -0.450. The van der Waals surface area contributed by atoms with Gasteiger partial charge in [0.2, 0.25) is 0 Å². The Balaban J connectivity index is 2.37. The lowest BCUT2D eigenvalue weighted by Crippen LogP contribution is -2.00. The highest BCUT2D eigenvalue weighted by atomic mass is 79.9. The molecule has 0 unspecified atom stereocenters. The van der Waals surface area contributed by atoms with Gasteiger partial charge in [-0.15, -0.1) is 11.3 Å². The molecule has 0 aliphatic carbocycles. The molecule has 0 N–H and O–H groups in total. The second kappa shape index (κ2) is 5.46. The van der Waals surface area contributed by atoms with Crippen molar-refractivity contribution in [3.63, 3.8) is 0 Å². The Kier molecular flexibility index (Phi) is 4.17. The summed E-state index contributed by atoms with van der Waals surface area (Å²) in [6.07, 6.45) is 0.918. The van der Waals surface area contributed by atoms with E-state index in [1.807, 2.05) is 18.2 Å². The topological polar surface area (TPSA) is 25.8 Å². The van der Waals surface area contributed by atoms with E-state index < -0.39 is 0 Å². The van der Waals surface area contributed by atoms with Crippen LogP contribution in [0.15, 0.2) is 22.0 Å². The molecule has 0 saturated carbocycles. The van der Waals surface area contributed by atoms with Crippen molar-refractivity contribution in [3.8, 4) is 10.7 Å². The molecule has 0 aliphatic heterocycles. The van der Waals surface area contributed by atoms with Crippen molar-refractivity contribution in [1.82, 2.24) is 9.97 Å². The van der Waals surface area contributed by atoms with Gasteiger partial charge in [0.1, 0.15) is 5.15 Å². The number of nitrogens with zero attached hydrogens (tertiary/aromatic N) is 2. The van der Waals surface area contributed by atoms with Gasteiger partial charge in [-0.05, 0) is 46.5 Å². The zero-order chi connectivity index (χ0) is 12.4. The minimum absolute atomic E-state index is 0.509. The smallest absolute Gasteiger partial charge is 0.171 e. The predicted molar refractivity (Wildman–Crippen MR) is 76.6 cm³/mol. The average molecular weight is 332 g/mol. The van der Waals surface area contributed by atoms with Gasteiger partial charge in [-0.2, -0.15) is 0 Å². The Morgan fingerprint density at radius 3 is 2.71 bits per heavy atom. The summed E-state index contributed by atoms with van der Waals surface area (Å²) in [7, 11) is 0. The van der Waals surface area contributed by atoms with Gasteiger partial charge in [-0.25, -0.2) is 9.97 Å². The fourth-order valence-electron chi connectivity index (χ4n) is 1.53. The fraction of sp³-hybridized carbons (Fsp3) is 0.333. The number of halogens is 2. The van der Waals surface area contributed by atoms with Crippen LogP contribution in [-0.4, -0.2) is 9.97 Å². The molecule has 5 heteroatoms. The van der Waals surface area contributed by atoms with Crippen LogP contribution in [0.3, 0.4) is 0 Å². The van der Waals surface area contributed by atoms with Crippen LogP contribution in [-0.2, 0) is 6.42 Å². The van der Waals surface area contributed by atoms with E-state index in [2.05, 4.69) is 39.7 Å². The van der Waals surface area contributed by atoms with Crippen LogP contribution in [0.2, 0.25) is 5.15 Å². The lowest BCUT2D eigenvalue weighted by atomic mass is 10.1. The molecule has 0 atom stereocenters. The molecule has 0 aromatic carbocycles. The molecule has 2 heterocycles. The van der Waals surface area contributed by atoms with Crippen LogP contribution < -0.4 is 0 Å². The Morgan fingerprint density at radius 1 is 1.35 bits per heavy atom. The van der Waals surface area contributed by atoms with Gasteiger partial charge in [0.05, 0.1) is 8.66 Å². The first-order valence-corrected chi connectivity index (χ1v) is 7.32. The number of hydrogen-bond donors (Lipinski definition) is 0. The normalized spacial score (nSPS) is 11.1. The van der Waals surface area contributed by atoms with Gasteiger partial charge in [0, 0.05) is 5.69 Å². The van der Waals surface area contributed by atoms with Crippen molar-refractivity contribution >= 4 is 38.9 Å². The van der Waals surface area contributed by atoms with Crippen LogP contribution in [0.25, 0.3) is 10.7 Å². The molecule has 0 radical (unpaired) electrons. The zero-order valence-electron chi connectivity index (χ0n) is 9.58. The number of rotatable bonds is 3. The Morgan fingerprint density at radius 2 is 2.12 bits per heavy atom. The average Bonchev–Trinajstić information content (AvgIpc) is 2.62. The van der Waals surface area contributed by atoms with Gasteiger partial charge in [-0.3, -0.25) is 0 Å². The van der Waals surface area contributed by atoms with Crippen LogP contribution in [0.4, 0.5) is 0 Å². The summed E-state index contributed by atoms with van der Waals surface area (Å²) in [6, 6.07) is 5.83. The quantitative estimate of drug-likeness (QED) is 0.754. The summed E-state index contributed by atoms with van der Waals surface area (Å²) < 4.78 is 1.07. The number of hydrogen-bond acceptors (Lipinski definition) is 3. The van der Waals surface area contributed by atoms with E-state index in [-0.39, 0.29) is 0 Å². The van der Waals surface area contributed by atoms with Crippen molar-refractivity contribution in [2.75, 3.05) is 0 Å². The number of aromatic nitrogens is 2. The highest BCUT2D eigenvalue weighted by molar-refractivity contribution is 9.11. The third-order valence-corrected chi connectivity index (χ3v) is 3.97. The summed E-state index contributed by atoms with van der Waals surface area (Å²) in [5.74, 6) is 1.27. The van der Waals surface area contributed by atoms with E-state index in [1.165, 1.54) is 0 Å². The minimum atomic E-state index is 0.509. The molecule has 2 nitrogen and oxygen atoms in total. The van der Waals surface area contributed by atoms with Gasteiger partial charge < -0.3 is 0 Å². The maximum absolute atomic E-state index is 6.03. The maximum Gasteiger partial charge on any atom is 0.171 e. The number of thiophene rings is 1. The SMILES string of the molecule is CC(C)Cc1cc(Cl)nc(-c2ccc(Br)s2)n1. The third-order valence-electron chi connectivity index (χ3n) is 2.16. The Labute approximate surface area is 118 Å². The maximum atomic E-state index is 6.03. The molecular weight excluding hydrogens is 320 g/mol. The predicted octanol–water partition coefficient (Wildman–Crippen LogP) is 4.82. The monoisotopic (exact) mass is 330 g/mol. The minimum Gasteiger partial charge on any atom is -0.232 e. The Bertz CT molecular complexity index is 525. The first kappa shape index (κ1) is 13.0. The second-order valence-corrected chi connectivity index (χ2v) is 7.06. The van der Waals surface area contributed by atoms with Crippen molar-refractivity contribution in [1.29, 1.82) is 0 Å². The van der Waals surface area contributed by atoms with E-state index in [1.54, 1.807) is 11.3 Å². The lowest BCUT2D eigenvalue weighted by Gasteiger charge is -2.06. The summed E-state index contributed by atoms with van der Waals surface area (Å²) >= 11 is 11.1. The van der Waals surface area contributed by atoms with Crippen molar-refractivity contribution in [2.24, 2.45) is 5.92 Å².